The third-order valence-electron chi connectivity index (χ3n) is 4.48. The second kappa shape index (κ2) is 6.55. The second-order valence-electron chi connectivity index (χ2n) is 6.32. The van der Waals surface area contributed by atoms with Crippen LogP contribution in [0.2, 0.25) is 0 Å². The summed E-state index contributed by atoms with van der Waals surface area (Å²) in [5.41, 5.74) is 4.81. The Bertz CT molecular complexity index is 1280. The first kappa shape index (κ1) is 16.1. The van der Waals surface area contributed by atoms with E-state index in [2.05, 4.69) is 55.4 Å². The molecule has 0 saturated heterocycles. The molecular weight excluding hydrogens is 402 g/mol. The molecule has 6 heteroatoms. The molecule has 0 spiro atoms. The van der Waals surface area contributed by atoms with E-state index >= 15 is 0 Å². The van der Waals surface area contributed by atoms with Crippen LogP contribution in [0.5, 0.6) is 0 Å². The molecule has 0 aliphatic heterocycles. The summed E-state index contributed by atoms with van der Waals surface area (Å²) in [6, 6.07) is 22.3. The normalized spacial score (nSPS) is 11.3. The Morgan fingerprint density at radius 1 is 0.889 bits per heavy atom. The highest BCUT2D eigenvalue weighted by Gasteiger charge is 2.10. The van der Waals surface area contributed by atoms with Gasteiger partial charge in [0.25, 0.3) is 0 Å². The Hall–Kier alpha value is -3.12. The summed E-state index contributed by atoms with van der Waals surface area (Å²) < 4.78 is 2.85. The van der Waals surface area contributed by atoms with Crippen LogP contribution in [0.15, 0.2) is 77.4 Å². The van der Waals surface area contributed by atoms with Crippen LogP contribution in [0, 0.1) is 0 Å². The van der Waals surface area contributed by atoms with Crippen LogP contribution in [0.25, 0.3) is 27.8 Å². The Morgan fingerprint density at radius 2 is 1.85 bits per heavy atom. The molecular formula is C21H14BrN5. The average Bonchev–Trinajstić information content (AvgIpc) is 3.10. The molecule has 5 aromatic rings. The fourth-order valence-corrected chi connectivity index (χ4v) is 3.56. The molecule has 2 aromatic carbocycles. The number of hydrogen-bond donors (Lipinski definition) is 0. The second-order valence-corrected chi connectivity index (χ2v) is 7.24. The minimum atomic E-state index is 0.654. The van der Waals surface area contributed by atoms with Crippen LogP contribution in [0.1, 0.15) is 11.4 Å². The summed E-state index contributed by atoms with van der Waals surface area (Å²) in [6.07, 6.45) is 2.46. The molecule has 3 heterocycles. The maximum absolute atomic E-state index is 4.76. The maximum Gasteiger partial charge on any atom is 0.177 e. The van der Waals surface area contributed by atoms with E-state index in [-0.39, 0.29) is 0 Å². The lowest BCUT2D eigenvalue weighted by molar-refractivity contribution is 0.842. The third-order valence-corrected chi connectivity index (χ3v) is 4.97. The van der Waals surface area contributed by atoms with Gasteiger partial charge in [0, 0.05) is 28.0 Å². The van der Waals surface area contributed by atoms with Crippen molar-refractivity contribution < 1.29 is 0 Å². The molecule has 27 heavy (non-hydrogen) atoms. The quantitative estimate of drug-likeness (QED) is 0.428. The molecule has 0 bridgehead atoms. The highest BCUT2D eigenvalue weighted by atomic mass is 79.9. The molecule has 0 radical (unpaired) electrons. The maximum atomic E-state index is 4.76. The SMILES string of the molecule is Brc1cccc(-c2ccc3nnc(Cc4ccc5ncccc5c4)n3n2)c1. The summed E-state index contributed by atoms with van der Waals surface area (Å²) in [5.74, 6) is 0.810. The fraction of sp³-hybridized carbons (Fsp3) is 0.0476. The molecule has 0 amide bonds. The van der Waals surface area contributed by atoms with Crippen molar-refractivity contribution in [3.63, 3.8) is 0 Å². The predicted octanol–water partition coefficient (Wildman–Crippen LogP) is 4.69. The molecule has 0 unspecified atom stereocenters. The minimum Gasteiger partial charge on any atom is -0.256 e. The van der Waals surface area contributed by atoms with E-state index < -0.39 is 0 Å². The van der Waals surface area contributed by atoms with Crippen molar-refractivity contribution in [2.45, 2.75) is 6.42 Å². The predicted molar refractivity (Wildman–Crippen MR) is 108 cm³/mol. The van der Waals surface area contributed by atoms with Gasteiger partial charge in [0.15, 0.2) is 11.5 Å². The summed E-state index contributed by atoms with van der Waals surface area (Å²) in [5, 5.41) is 14.5. The Morgan fingerprint density at radius 3 is 2.78 bits per heavy atom. The van der Waals surface area contributed by atoms with Crippen molar-refractivity contribution in [2.75, 3.05) is 0 Å². The standard InChI is InChI=1S/C21H14BrN5/c22-17-5-1-3-16(13-17)19-8-9-20-24-25-21(27(20)26-19)12-14-6-7-18-15(11-14)4-2-10-23-18/h1-11,13H,12H2. The van der Waals surface area contributed by atoms with E-state index in [1.807, 2.05) is 47.0 Å². The van der Waals surface area contributed by atoms with Gasteiger partial charge < -0.3 is 0 Å². The van der Waals surface area contributed by atoms with Crippen molar-refractivity contribution in [1.82, 2.24) is 24.8 Å². The molecule has 0 aliphatic rings. The zero-order valence-corrected chi connectivity index (χ0v) is 15.8. The Labute approximate surface area is 163 Å². The highest BCUT2D eigenvalue weighted by Crippen LogP contribution is 2.22. The molecule has 0 saturated carbocycles. The van der Waals surface area contributed by atoms with Crippen molar-refractivity contribution in [3.8, 4) is 11.3 Å². The van der Waals surface area contributed by atoms with Crippen molar-refractivity contribution in [2.24, 2.45) is 0 Å². The van der Waals surface area contributed by atoms with Crippen LogP contribution >= 0.6 is 15.9 Å². The van der Waals surface area contributed by atoms with Gasteiger partial charge in [-0.1, -0.05) is 40.2 Å². The van der Waals surface area contributed by atoms with Crippen molar-refractivity contribution in [1.29, 1.82) is 0 Å². The van der Waals surface area contributed by atoms with Crippen LogP contribution < -0.4 is 0 Å². The lowest BCUT2D eigenvalue weighted by Crippen LogP contribution is -2.01. The summed E-state index contributed by atoms with van der Waals surface area (Å²) >= 11 is 3.52. The average molecular weight is 416 g/mol. The Kier molecular flexibility index (Phi) is 3.90. The fourth-order valence-electron chi connectivity index (χ4n) is 3.16. The van der Waals surface area contributed by atoms with E-state index in [4.69, 9.17) is 5.10 Å². The zero-order valence-electron chi connectivity index (χ0n) is 14.2. The molecule has 0 fully saturated rings. The van der Waals surface area contributed by atoms with Crippen LogP contribution in [-0.4, -0.2) is 24.8 Å². The van der Waals surface area contributed by atoms with Gasteiger partial charge in [0.2, 0.25) is 0 Å². The zero-order chi connectivity index (χ0) is 18.2. The number of halogens is 1. The lowest BCUT2D eigenvalue weighted by Gasteiger charge is -2.05. The van der Waals surface area contributed by atoms with Gasteiger partial charge in [-0.3, -0.25) is 4.98 Å². The molecule has 3 aromatic heterocycles. The van der Waals surface area contributed by atoms with E-state index in [0.29, 0.717) is 6.42 Å². The van der Waals surface area contributed by atoms with E-state index in [1.54, 1.807) is 6.20 Å². The number of fused-ring (bicyclic) bond motifs is 2. The number of aromatic nitrogens is 5. The first-order valence-electron chi connectivity index (χ1n) is 8.57. The number of rotatable bonds is 3. The van der Waals surface area contributed by atoms with Gasteiger partial charge in [-0.15, -0.1) is 10.2 Å². The topological polar surface area (TPSA) is 56.0 Å². The molecule has 0 N–H and O–H groups in total. The molecule has 130 valence electrons. The monoisotopic (exact) mass is 415 g/mol. The van der Waals surface area contributed by atoms with Gasteiger partial charge in [0.05, 0.1) is 11.2 Å². The van der Waals surface area contributed by atoms with Crippen molar-refractivity contribution in [3.05, 3.63) is 88.8 Å². The molecule has 0 atom stereocenters. The van der Waals surface area contributed by atoms with Gasteiger partial charge in [0.1, 0.15) is 0 Å². The number of pyridine rings is 1. The molecule has 5 nitrogen and oxygen atoms in total. The lowest BCUT2D eigenvalue weighted by atomic mass is 10.1. The summed E-state index contributed by atoms with van der Waals surface area (Å²) in [7, 11) is 0. The van der Waals surface area contributed by atoms with E-state index in [0.717, 1.165) is 43.7 Å². The minimum absolute atomic E-state index is 0.654. The summed E-state index contributed by atoms with van der Waals surface area (Å²) in [4.78, 5) is 4.37. The number of benzene rings is 2. The van der Waals surface area contributed by atoms with E-state index in [9.17, 15) is 0 Å². The number of nitrogens with zero attached hydrogens (tertiary/aromatic N) is 5. The van der Waals surface area contributed by atoms with Crippen molar-refractivity contribution >= 4 is 32.5 Å². The summed E-state index contributed by atoms with van der Waals surface area (Å²) in [6.45, 7) is 0. The highest BCUT2D eigenvalue weighted by molar-refractivity contribution is 9.10. The van der Waals surface area contributed by atoms with Crippen LogP contribution in [-0.2, 0) is 6.42 Å². The Balaban J connectivity index is 1.55. The first-order chi connectivity index (χ1) is 13.3. The largest absolute Gasteiger partial charge is 0.256 e. The van der Waals surface area contributed by atoms with Crippen LogP contribution in [0.4, 0.5) is 0 Å². The van der Waals surface area contributed by atoms with Gasteiger partial charge in [-0.2, -0.15) is 9.61 Å². The first-order valence-corrected chi connectivity index (χ1v) is 9.36. The molecule has 0 aliphatic carbocycles. The van der Waals surface area contributed by atoms with Crippen LogP contribution in [0.3, 0.4) is 0 Å². The van der Waals surface area contributed by atoms with E-state index in [1.165, 1.54) is 0 Å². The van der Waals surface area contributed by atoms with Gasteiger partial charge >= 0.3 is 0 Å². The smallest absolute Gasteiger partial charge is 0.177 e. The van der Waals surface area contributed by atoms with Gasteiger partial charge in [-0.25, -0.2) is 0 Å². The molecule has 5 rings (SSSR count). The number of hydrogen-bond acceptors (Lipinski definition) is 4. The van der Waals surface area contributed by atoms with Gasteiger partial charge in [-0.05, 0) is 48.0 Å². The third kappa shape index (κ3) is 3.08.